The summed E-state index contributed by atoms with van der Waals surface area (Å²) in [4.78, 5) is 2.98. The highest BCUT2D eigenvalue weighted by Gasteiger charge is 2.34. The van der Waals surface area contributed by atoms with Crippen LogP contribution in [0.2, 0.25) is 0 Å². The van der Waals surface area contributed by atoms with Gasteiger partial charge in [0.15, 0.2) is 15.1 Å². The lowest BCUT2D eigenvalue weighted by atomic mass is 10.2. The molecule has 0 saturated carbocycles. The van der Waals surface area contributed by atoms with Gasteiger partial charge in [-0.05, 0) is 43.2 Å². The summed E-state index contributed by atoms with van der Waals surface area (Å²) in [6.07, 6.45) is 19.6. The van der Waals surface area contributed by atoms with E-state index in [0.717, 1.165) is 6.42 Å². The number of benzene rings is 1. The molecule has 2 aliphatic rings. The molecular weight excluding hydrogens is 248 g/mol. The van der Waals surface area contributed by atoms with Crippen LogP contribution >= 0.6 is 0 Å². The van der Waals surface area contributed by atoms with E-state index in [1.807, 2.05) is 0 Å². The minimum absolute atomic E-state index is 0.176. The van der Waals surface area contributed by atoms with Gasteiger partial charge in [-0.15, -0.1) is 0 Å². The van der Waals surface area contributed by atoms with Crippen LogP contribution in [0.3, 0.4) is 0 Å². The van der Waals surface area contributed by atoms with Gasteiger partial charge >= 0.3 is 0 Å². The van der Waals surface area contributed by atoms with Crippen LogP contribution in [-0.4, -0.2) is 5.25 Å². The normalized spacial score (nSPS) is 23.2. The SMILES string of the molecule is C1=CCC([S+](C2=CCCC=C2)c2ccccc2)C=C1. The number of rotatable bonds is 3. The maximum Gasteiger partial charge on any atom is 0.161 e. The third-order valence-corrected chi connectivity index (χ3v) is 6.00. The Balaban J connectivity index is 1.96. The summed E-state index contributed by atoms with van der Waals surface area (Å²) in [7, 11) is 0.176. The molecule has 2 atom stereocenters. The van der Waals surface area contributed by atoms with Crippen molar-refractivity contribution in [1.29, 1.82) is 0 Å². The minimum Gasteiger partial charge on any atom is -0.0792 e. The first-order valence-electron chi connectivity index (χ1n) is 6.93. The molecule has 0 nitrogen and oxygen atoms in total. The fourth-order valence-electron chi connectivity index (χ4n) is 2.54. The molecule has 0 bridgehead atoms. The molecule has 2 unspecified atom stereocenters. The third kappa shape index (κ3) is 2.93. The van der Waals surface area contributed by atoms with Crippen molar-refractivity contribution in [3.8, 4) is 0 Å². The molecular formula is C18H19S+. The Hall–Kier alpha value is -1.47. The van der Waals surface area contributed by atoms with Gasteiger partial charge in [-0.3, -0.25) is 0 Å². The first-order valence-corrected chi connectivity index (χ1v) is 8.22. The Morgan fingerprint density at radius 1 is 0.947 bits per heavy atom. The van der Waals surface area contributed by atoms with Crippen LogP contribution in [0.5, 0.6) is 0 Å². The minimum atomic E-state index is 0.176. The molecule has 2 aliphatic carbocycles. The van der Waals surface area contributed by atoms with Crippen molar-refractivity contribution in [2.45, 2.75) is 29.4 Å². The van der Waals surface area contributed by atoms with Crippen LogP contribution in [-0.2, 0) is 10.9 Å². The Morgan fingerprint density at radius 3 is 2.53 bits per heavy atom. The van der Waals surface area contributed by atoms with Gasteiger partial charge in [0.25, 0.3) is 0 Å². The molecule has 0 aromatic heterocycles. The molecule has 1 aromatic rings. The van der Waals surface area contributed by atoms with E-state index in [-0.39, 0.29) is 10.9 Å². The number of allylic oxidation sites excluding steroid dienone is 6. The average molecular weight is 267 g/mol. The maximum atomic E-state index is 2.43. The van der Waals surface area contributed by atoms with Crippen molar-refractivity contribution in [2.24, 2.45) is 0 Å². The van der Waals surface area contributed by atoms with Crippen LogP contribution < -0.4 is 0 Å². The molecule has 0 fully saturated rings. The van der Waals surface area contributed by atoms with Crippen LogP contribution in [0.15, 0.2) is 82.7 Å². The Labute approximate surface area is 118 Å². The molecule has 0 saturated heterocycles. The number of hydrogen-bond donors (Lipinski definition) is 0. The fourth-order valence-corrected chi connectivity index (χ4v) is 5.05. The summed E-state index contributed by atoms with van der Waals surface area (Å²) in [6.45, 7) is 0. The van der Waals surface area contributed by atoms with Gasteiger partial charge in [0.2, 0.25) is 0 Å². The summed E-state index contributed by atoms with van der Waals surface area (Å²) in [5, 5.41) is 0.612. The first-order chi connectivity index (χ1) is 9.45. The zero-order chi connectivity index (χ0) is 12.9. The van der Waals surface area contributed by atoms with E-state index in [2.05, 4.69) is 72.9 Å². The van der Waals surface area contributed by atoms with Gasteiger partial charge in [0.05, 0.1) is 10.9 Å². The van der Waals surface area contributed by atoms with Gasteiger partial charge in [-0.25, -0.2) is 0 Å². The van der Waals surface area contributed by atoms with E-state index >= 15 is 0 Å². The molecule has 0 aliphatic heterocycles. The highest BCUT2D eigenvalue weighted by molar-refractivity contribution is 8.01. The van der Waals surface area contributed by atoms with E-state index in [1.165, 1.54) is 22.6 Å². The van der Waals surface area contributed by atoms with Crippen molar-refractivity contribution < 1.29 is 0 Å². The fraction of sp³-hybridized carbons (Fsp3) is 0.222. The van der Waals surface area contributed by atoms with Crippen molar-refractivity contribution >= 4 is 10.9 Å². The molecule has 0 N–H and O–H groups in total. The van der Waals surface area contributed by atoms with Gasteiger partial charge in [0, 0.05) is 6.42 Å². The lowest BCUT2D eigenvalue weighted by Gasteiger charge is -2.18. The smallest absolute Gasteiger partial charge is 0.0792 e. The summed E-state index contributed by atoms with van der Waals surface area (Å²) >= 11 is 0. The zero-order valence-corrected chi connectivity index (χ0v) is 11.9. The first kappa shape index (κ1) is 12.6. The predicted octanol–water partition coefficient (Wildman–Crippen LogP) is 4.78. The highest BCUT2D eigenvalue weighted by Crippen LogP contribution is 2.33. The summed E-state index contributed by atoms with van der Waals surface area (Å²) in [6, 6.07) is 11.0. The standard InChI is InChI=1S/C18H19S/c1-4-10-16(11-5-1)19(17-12-6-2-7-13-17)18-14-8-3-9-15-18/h1-2,4-8,10-12,14-15,17H,3,9,13H2/q+1. The summed E-state index contributed by atoms with van der Waals surface area (Å²) in [5.74, 6) is 0. The van der Waals surface area contributed by atoms with E-state index in [4.69, 9.17) is 0 Å². The molecule has 19 heavy (non-hydrogen) atoms. The zero-order valence-electron chi connectivity index (χ0n) is 11.0. The van der Waals surface area contributed by atoms with E-state index in [1.54, 1.807) is 0 Å². The quantitative estimate of drug-likeness (QED) is 0.691. The van der Waals surface area contributed by atoms with E-state index in [9.17, 15) is 0 Å². The van der Waals surface area contributed by atoms with Crippen LogP contribution in [0, 0.1) is 0 Å². The average Bonchev–Trinajstić information content (AvgIpc) is 2.51. The molecule has 0 spiro atoms. The predicted molar refractivity (Wildman–Crippen MR) is 85.2 cm³/mol. The van der Waals surface area contributed by atoms with Crippen molar-refractivity contribution in [1.82, 2.24) is 0 Å². The summed E-state index contributed by atoms with van der Waals surface area (Å²) in [5.41, 5.74) is 0. The second kappa shape index (κ2) is 6.12. The lowest BCUT2D eigenvalue weighted by molar-refractivity contribution is 1.02. The van der Waals surface area contributed by atoms with Crippen molar-refractivity contribution in [3.63, 3.8) is 0 Å². The molecule has 3 rings (SSSR count). The largest absolute Gasteiger partial charge is 0.161 e. The van der Waals surface area contributed by atoms with Crippen LogP contribution in [0.25, 0.3) is 0 Å². The van der Waals surface area contributed by atoms with Gasteiger partial charge in [0.1, 0.15) is 0 Å². The molecule has 0 heterocycles. The van der Waals surface area contributed by atoms with Gasteiger partial charge in [-0.2, -0.15) is 0 Å². The van der Waals surface area contributed by atoms with Gasteiger partial charge < -0.3 is 0 Å². The second-order valence-electron chi connectivity index (χ2n) is 4.82. The Kier molecular flexibility index (Phi) is 4.04. The molecule has 0 radical (unpaired) electrons. The van der Waals surface area contributed by atoms with Crippen molar-refractivity contribution in [2.75, 3.05) is 0 Å². The monoisotopic (exact) mass is 267 g/mol. The second-order valence-corrected chi connectivity index (χ2v) is 7.05. The molecule has 1 heteroatoms. The van der Waals surface area contributed by atoms with E-state index in [0.29, 0.717) is 5.25 Å². The number of hydrogen-bond acceptors (Lipinski definition) is 0. The summed E-state index contributed by atoms with van der Waals surface area (Å²) < 4.78 is 0. The Bertz CT molecular complexity index is 534. The highest BCUT2D eigenvalue weighted by atomic mass is 32.2. The Morgan fingerprint density at radius 2 is 1.84 bits per heavy atom. The van der Waals surface area contributed by atoms with E-state index < -0.39 is 0 Å². The maximum absolute atomic E-state index is 2.43. The molecule has 0 amide bonds. The van der Waals surface area contributed by atoms with Crippen LogP contribution in [0.1, 0.15) is 19.3 Å². The topological polar surface area (TPSA) is 0 Å². The van der Waals surface area contributed by atoms with Crippen molar-refractivity contribution in [3.05, 3.63) is 77.8 Å². The van der Waals surface area contributed by atoms with Gasteiger partial charge in [-0.1, -0.05) is 42.5 Å². The molecule has 96 valence electrons. The molecule has 1 aromatic carbocycles. The third-order valence-electron chi connectivity index (χ3n) is 3.46. The lowest BCUT2D eigenvalue weighted by Crippen LogP contribution is -2.22. The van der Waals surface area contributed by atoms with Crippen LogP contribution in [0.4, 0.5) is 0 Å².